The molecular weight excluding hydrogens is 302 g/mol. The highest BCUT2D eigenvalue weighted by Crippen LogP contribution is 2.53. The Morgan fingerprint density at radius 2 is 2.14 bits per heavy atom. The molecule has 2 saturated heterocycles. The number of hydrogen-bond donors (Lipinski definition) is 3. The lowest BCUT2D eigenvalue weighted by Crippen LogP contribution is -2.80. The molecule has 5 nitrogen and oxygen atoms in total. The second-order valence-corrected chi connectivity index (χ2v) is 6.66. The zero-order chi connectivity index (χ0) is 16.5. The molecule has 0 saturated carbocycles. The average molecular weight is 327 g/mol. The number of aliphatic hydroxyl groups excluding tert-OH is 1. The van der Waals surface area contributed by atoms with Crippen LogP contribution in [-0.2, 0) is 14.3 Å². The van der Waals surface area contributed by atoms with Gasteiger partial charge in [0.05, 0.1) is 12.0 Å². The number of ether oxygens (including phenoxy) is 1. The van der Waals surface area contributed by atoms with Crippen LogP contribution >= 0.6 is 12.6 Å². The molecule has 6 heteroatoms. The maximum atomic E-state index is 12.3. The third-order valence-corrected chi connectivity index (χ3v) is 5.33. The van der Waals surface area contributed by atoms with E-state index < -0.39 is 29.1 Å². The number of amides is 1. The Bertz CT molecular complexity index is 495. The molecule has 22 heavy (non-hydrogen) atoms. The fourth-order valence-electron chi connectivity index (χ4n) is 3.68. The van der Waals surface area contributed by atoms with Crippen molar-refractivity contribution < 1.29 is 19.4 Å². The maximum absolute atomic E-state index is 12.3. The summed E-state index contributed by atoms with van der Waals surface area (Å²) in [5.74, 6) is -0.937. The van der Waals surface area contributed by atoms with E-state index in [2.05, 4.69) is 17.9 Å². The lowest BCUT2D eigenvalue weighted by atomic mass is 9.65. The molecule has 124 valence electrons. The fourth-order valence-corrected chi connectivity index (χ4v) is 3.94. The van der Waals surface area contributed by atoms with Crippen molar-refractivity contribution in [1.29, 1.82) is 0 Å². The minimum atomic E-state index is -1.34. The van der Waals surface area contributed by atoms with Gasteiger partial charge in [-0.1, -0.05) is 26.0 Å². The highest BCUT2D eigenvalue weighted by molar-refractivity contribution is 7.80. The smallest absolute Gasteiger partial charge is 0.339 e. The summed E-state index contributed by atoms with van der Waals surface area (Å²) in [6.07, 6.45) is 4.93. The predicted octanol–water partition coefficient (Wildman–Crippen LogP) is 1.46. The second kappa shape index (κ2) is 6.24. The van der Waals surface area contributed by atoms with E-state index >= 15 is 0 Å². The topological polar surface area (TPSA) is 75.6 Å². The molecule has 0 aromatic heterocycles. The van der Waals surface area contributed by atoms with Crippen LogP contribution in [0.25, 0.3) is 0 Å². The van der Waals surface area contributed by atoms with Crippen molar-refractivity contribution in [1.82, 2.24) is 5.32 Å². The van der Waals surface area contributed by atoms with Crippen molar-refractivity contribution in [2.24, 2.45) is 11.8 Å². The predicted molar refractivity (Wildman–Crippen MR) is 86.5 cm³/mol. The van der Waals surface area contributed by atoms with Crippen LogP contribution < -0.4 is 5.32 Å². The van der Waals surface area contributed by atoms with Gasteiger partial charge in [-0.05, 0) is 31.9 Å². The fraction of sp³-hybridized carbons (Fsp3) is 0.750. The highest BCUT2D eigenvalue weighted by atomic mass is 32.1. The second-order valence-electron chi connectivity index (χ2n) is 6.21. The Hall–Kier alpha value is -1.01. The van der Waals surface area contributed by atoms with Crippen molar-refractivity contribution in [3.63, 3.8) is 0 Å². The van der Waals surface area contributed by atoms with Crippen molar-refractivity contribution in [2.75, 3.05) is 5.75 Å². The third kappa shape index (κ3) is 2.19. The van der Waals surface area contributed by atoms with Crippen molar-refractivity contribution >= 4 is 24.5 Å². The molecule has 0 spiro atoms. The first-order valence-corrected chi connectivity index (χ1v) is 8.53. The van der Waals surface area contributed by atoms with Crippen LogP contribution in [0.5, 0.6) is 0 Å². The molecule has 0 aromatic carbocycles. The van der Waals surface area contributed by atoms with E-state index in [0.29, 0.717) is 18.6 Å². The number of aliphatic hydroxyl groups is 1. The summed E-state index contributed by atoms with van der Waals surface area (Å²) in [5.41, 5.74) is -2.34. The summed E-state index contributed by atoms with van der Waals surface area (Å²) < 4.78 is 5.37. The summed E-state index contributed by atoms with van der Waals surface area (Å²) in [6.45, 7) is 5.70. The third-order valence-electron chi connectivity index (χ3n) is 5.07. The molecular formula is C16H25NO4S. The van der Waals surface area contributed by atoms with Gasteiger partial charge in [-0.3, -0.25) is 4.79 Å². The van der Waals surface area contributed by atoms with Crippen LogP contribution in [0, 0.1) is 11.8 Å². The Morgan fingerprint density at radius 1 is 1.45 bits per heavy atom. The van der Waals surface area contributed by atoms with Gasteiger partial charge in [0.2, 0.25) is 11.4 Å². The number of allylic oxidation sites excluding steroid dienone is 1. The van der Waals surface area contributed by atoms with E-state index in [9.17, 15) is 14.7 Å². The molecule has 2 N–H and O–H groups in total. The van der Waals surface area contributed by atoms with E-state index in [1.807, 2.05) is 26.0 Å². The Balaban J connectivity index is 2.36. The van der Waals surface area contributed by atoms with Crippen LogP contribution in [0.1, 0.15) is 40.0 Å². The summed E-state index contributed by atoms with van der Waals surface area (Å²) >= 11 is 4.18. The molecule has 1 amide bonds. The lowest BCUT2D eigenvalue weighted by Gasteiger charge is -2.54. The van der Waals surface area contributed by atoms with Crippen LogP contribution in [-0.4, -0.2) is 40.0 Å². The minimum Gasteiger partial charge on any atom is -0.453 e. The van der Waals surface area contributed by atoms with Crippen LogP contribution in [0.4, 0.5) is 0 Å². The molecule has 2 aliphatic rings. The number of fused-ring (bicyclic) bond motifs is 1. The number of carbonyl (C=O) groups is 2. The van der Waals surface area contributed by atoms with Gasteiger partial charge in [-0.15, -0.1) is 0 Å². The molecule has 0 bridgehead atoms. The summed E-state index contributed by atoms with van der Waals surface area (Å²) in [7, 11) is 0. The number of carbonyl (C=O) groups excluding carboxylic acids is 2. The molecule has 2 rings (SSSR count). The van der Waals surface area contributed by atoms with Gasteiger partial charge in [0.25, 0.3) is 0 Å². The molecule has 2 fully saturated rings. The van der Waals surface area contributed by atoms with Gasteiger partial charge >= 0.3 is 5.97 Å². The summed E-state index contributed by atoms with van der Waals surface area (Å²) in [6, 6.07) is 0. The van der Waals surface area contributed by atoms with Gasteiger partial charge in [0, 0.05) is 5.92 Å². The van der Waals surface area contributed by atoms with Crippen LogP contribution in [0.15, 0.2) is 12.2 Å². The Morgan fingerprint density at radius 3 is 2.64 bits per heavy atom. The quantitative estimate of drug-likeness (QED) is 0.376. The van der Waals surface area contributed by atoms with Gasteiger partial charge in [-0.2, -0.15) is 12.6 Å². The van der Waals surface area contributed by atoms with E-state index in [0.717, 1.165) is 6.42 Å². The van der Waals surface area contributed by atoms with Crippen LogP contribution in [0.3, 0.4) is 0 Å². The summed E-state index contributed by atoms with van der Waals surface area (Å²) in [5, 5.41) is 13.6. The number of esters is 1. The largest absolute Gasteiger partial charge is 0.453 e. The number of thiol groups is 1. The molecule has 0 radical (unpaired) electrons. The van der Waals surface area contributed by atoms with E-state index in [4.69, 9.17) is 4.74 Å². The van der Waals surface area contributed by atoms with Gasteiger partial charge < -0.3 is 15.2 Å². The first-order valence-electron chi connectivity index (χ1n) is 7.90. The van der Waals surface area contributed by atoms with Crippen molar-refractivity contribution in [3.8, 4) is 0 Å². The zero-order valence-corrected chi connectivity index (χ0v) is 14.2. The van der Waals surface area contributed by atoms with Gasteiger partial charge in [0.1, 0.15) is 0 Å². The molecule has 0 aromatic rings. The number of nitrogens with one attached hydrogen (secondary N) is 1. The zero-order valence-electron chi connectivity index (χ0n) is 13.3. The molecule has 5 atom stereocenters. The van der Waals surface area contributed by atoms with Crippen LogP contribution in [0.2, 0.25) is 0 Å². The highest BCUT2D eigenvalue weighted by Gasteiger charge is 2.79. The van der Waals surface area contributed by atoms with E-state index in [1.54, 1.807) is 6.92 Å². The van der Waals surface area contributed by atoms with Gasteiger partial charge in [-0.25, -0.2) is 4.79 Å². The normalized spacial score (nSPS) is 36.5. The average Bonchev–Trinajstić information content (AvgIpc) is 2.66. The van der Waals surface area contributed by atoms with E-state index in [1.165, 1.54) is 0 Å². The van der Waals surface area contributed by atoms with Gasteiger partial charge in [0.15, 0.2) is 5.60 Å². The van der Waals surface area contributed by atoms with Crippen molar-refractivity contribution in [2.45, 2.75) is 57.3 Å². The molecule has 0 aliphatic carbocycles. The summed E-state index contributed by atoms with van der Waals surface area (Å²) in [4.78, 5) is 24.5. The standard InChI is InChI=1S/C16H25NO4S/c1-4-6-7-10(5-2)12(18)16-14(20)21-15(16,3)11(8-9-22)13(19)17-16/h6-7,10-12,18,22H,4-5,8-9H2,1-3H3,(H,17,19)/b7-6-/t10-,11-,12-,15-,16-/m0/s1. The monoisotopic (exact) mass is 327 g/mol. The van der Waals surface area contributed by atoms with Crippen molar-refractivity contribution in [3.05, 3.63) is 12.2 Å². The molecule has 2 aliphatic heterocycles. The molecule has 0 unspecified atom stereocenters. The number of rotatable bonds is 7. The first kappa shape index (κ1) is 17.3. The minimum absolute atomic E-state index is 0.206. The molecule has 2 heterocycles. The Kier molecular flexibility index (Phi) is 4.92. The van der Waals surface area contributed by atoms with E-state index in [-0.39, 0.29) is 11.8 Å². The first-order chi connectivity index (χ1) is 10.4. The Labute approximate surface area is 136 Å². The maximum Gasteiger partial charge on any atom is 0.339 e. The SMILES string of the molecule is CC/C=C\[C@H](CC)[C@H](O)[C@@]12NC(=O)[C@H](CCS)[C@]1(C)OC2=O. The lowest BCUT2D eigenvalue weighted by molar-refractivity contribution is -0.238. The number of hydrogen-bond acceptors (Lipinski definition) is 5.